The molecule has 0 bridgehead atoms. The highest BCUT2D eigenvalue weighted by Crippen LogP contribution is 2.19. The van der Waals surface area contributed by atoms with Crippen LogP contribution in [0.2, 0.25) is 0 Å². The lowest BCUT2D eigenvalue weighted by atomic mass is 10.3. The Morgan fingerprint density at radius 1 is 1.69 bits per heavy atom. The Bertz CT molecular complexity index is 175. The van der Waals surface area contributed by atoms with E-state index in [1.807, 2.05) is 0 Å². The molecule has 76 valence electrons. The molecule has 0 aromatic carbocycles. The van der Waals surface area contributed by atoms with Gasteiger partial charge < -0.3 is 10.2 Å². The van der Waals surface area contributed by atoms with Gasteiger partial charge >= 0.3 is 6.03 Å². The van der Waals surface area contributed by atoms with Crippen LogP contribution in [-0.4, -0.2) is 29.4 Å². The van der Waals surface area contributed by atoms with Crippen molar-refractivity contribution in [3.63, 3.8) is 0 Å². The zero-order chi connectivity index (χ0) is 9.68. The standard InChI is InChI=1S/C9H18N2OS/c1-2-3-6-10-9(12)11-7-4-5-8(11)13/h8,13H,2-7H2,1H3,(H,10,12). The van der Waals surface area contributed by atoms with Crippen molar-refractivity contribution in [3.8, 4) is 0 Å². The van der Waals surface area contributed by atoms with Crippen molar-refractivity contribution in [2.24, 2.45) is 0 Å². The lowest BCUT2D eigenvalue weighted by molar-refractivity contribution is 0.205. The van der Waals surface area contributed by atoms with Gasteiger partial charge in [-0.05, 0) is 19.3 Å². The van der Waals surface area contributed by atoms with E-state index in [1.165, 1.54) is 0 Å². The molecule has 4 heteroatoms. The number of amides is 2. The van der Waals surface area contributed by atoms with Gasteiger partial charge in [-0.2, -0.15) is 12.6 Å². The second-order valence-electron chi connectivity index (χ2n) is 3.40. The van der Waals surface area contributed by atoms with Crippen LogP contribution >= 0.6 is 12.6 Å². The van der Waals surface area contributed by atoms with Crippen LogP contribution in [0.1, 0.15) is 32.6 Å². The number of nitrogens with zero attached hydrogens (tertiary/aromatic N) is 1. The molecule has 0 spiro atoms. The number of carbonyl (C=O) groups excluding carboxylic acids is 1. The second kappa shape index (κ2) is 5.37. The minimum atomic E-state index is 0.0472. The van der Waals surface area contributed by atoms with Crippen molar-refractivity contribution < 1.29 is 4.79 Å². The van der Waals surface area contributed by atoms with Crippen molar-refractivity contribution in [2.75, 3.05) is 13.1 Å². The van der Waals surface area contributed by atoms with E-state index in [0.29, 0.717) is 0 Å². The number of urea groups is 1. The Labute approximate surface area is 85.3 Å². The summed E-state index contributed by atoms with van der Waals surface area (Å²) in [5.41, 5.74) is 0. The summed E-state index contributed by atoms with van der Waals surface area (Å²) in [6.07, 6.45) is 4.26. The molecular formula is C9H18N2OS. The second-order valence-corrected chi connectivity index (χ2v) is 4.00. The largest absolute Gasteiger partial charge is 0.338 e. The Morgan fingerprint density at radius 3 is 3.00 bits per heavy atom. The van der Waals surface area contributed by atoms with Crippen molar-refractivity contribution in [1.29, 1.82) is 0 Å². The molecule has 13 heavy (non-hydrogen) atoms. The molecule has 0 saturated carbocycles. The maximum atomic E-state index is 11.5. The number of likely N-dealkylation sites (tertiary alicyclic amines) is 1. The topological polar surface area (TPSA) is 32.3 Å². The third kappa shape index (κ3) is 3.10. The molecule has 1 fully saturated rings. The number of unbranched alkanes of at least 4 members (excludes halogenated alkanes) is 1. The molecule has 1 heterocycles. The van der Waals surface area contributed by atoms with Gasteiger partial charge in [0, 0.05) is 13.1 Å². The van der Waals surface area contributed by atoms with Gasteiger partial charge in [-0.15, -0.1) is 0 Å². The van der Waals surface area contributed by atoms with Crippen molar-refractivity contribution in [1.82, 2.24) is 10.2 Å². The number of hydrogen-bond acceptors (Lipinski definition) is 2. The fraction of sp³-hybridized carbons (Fsp3) is 0.889. The fourth-order valence-corrected chi connectivity index (χ4v) is 1.86. The molecule has 3 nitrogen and oxygen atoms in total. The normalized spacial score (nSPS) is 22.0. The first kappa shape index (κ1) is 10.7. The summed E-state index contributed by atoms with van der Waals surface area (Å²) in [6, 6.07) is 0.0472. The van der Waals surface area contributed by atoms with Crippen molar-refractivity contribution in [2.45, 2.75) is 38.0 Å². The van der Waals surface area contributed by atoms with E-state index in [-0.39, 0.29) is 11.4 Å². The van der Waals surface area contributed by atoms with Gasteiger partial charge in [-0.3, -0.25) is 0 Å². The van der Waals surface area contributed by atoms with Crippen LogP contribution in [0, 0.1) is 0 Å². The van der Waals surface area contributed by atoms with Crippen molar-refractivity contribution in [3.05, 3.63) is 0 Å². The van der Waals surface area contributed by atoms with E-state index < -0.39 is 0 Å². The highest BCUT2D eigenvalue weighted by Gasteiger charge is 2.25. The minimum Gasteiger partial charge on any atom is -0.338 e. The molecule has 1 saturated heterocycles. The lowest BCUT2D eigenvalue weighted by Crippen LogP contribution is -2.41. The van der Waals surface area contributed by atoms with E-state index in [9.17, 15) is 4.79 Å². The molecule has 0 aromatic rings. The minimum absolute atomic E-state index is 0.0472. The first-order chi connectivity index (χ1) is 6.25. The van der Waals surface area contributed by atoms with Gasteiger partial charge in [0.1, 0.15) is 0 Å². The summed E-state index contributed by atoms with van der Waals surface area (Å²) in [4.78, 5) is 13.3. The molecule has 1 aliphatic rings. The maximum absolute atomic E-state index is 11.5. The summed E-state index contributed by atoms with van der Waals surface area (Å²) in [6.45, 7) is 3.75. The van der Waals surface area contributed by atoms with Crippen LogP contribution in [-0.2, 0) is 0 Å². The van der Waals surface area contributed by atoms with Crippen LogP contribution in [0.3, 0.4) is 0 Å². The number of rotatable bonds is 3. The molecule has 0 aromatic heterocycles. The molecular weight excluding hydrogens is 184 g/mol. The number of hydrogen-bond donors (Lipinski definition) is 2. The van der Waals surface area contributed by atoms with E-state index in [0.717, 1.165) is 38.8 Å². The number of nitrogens with one attached hydrogen (secondary N) is 1. The average Bonchev–Trinajstić information content (AvgIpc) is 2.52. The maximum Gasteiger partial charge on any atom is 0.318 e. The van der Waals surface area contributed by atoms with Crippen LogP contribution in [0.4, 0.5) is 4.79 Å². The molecule has 1 atom stereocenters. The number of carbonyl (C=O) groups is 1. The number of thiol groups is 1. The van der Waals surface area contributed by atoms with Crippen LogP contribution in [0.5, 0.6) is 0 Å². The highest BCUT2D eigenvalue weighted by molar-refractivity contribution is 7.80. The van der Waals surface area contributed by atoms with Crippen molar-refractivity contribution >= 4 is 18.7 Å². The third-order valence-corrected chi connectivity index (χ3v) is 2.83. The summed E-state index contributed by atoms with van der Waals surface area (Å²) in [5, 5.41) is 3.02. The molecule has 2 amide bonds. The average molecular weight is 202 g/mol. The van der Waals surface area contributed by atoms with Gasteiger partial charge in [-0.25, -0.2) is 4.79 Å². The Balaban J connectivity index is 2.22. The Morgan fingerprint density at radius 2 is 2.46 bits per heavy atom. The summed E-state index contributed by atoms with van der Waals surface area (Å²) in [5.74, 6) is 0. The summed E-state index contributed by atoms with van der Waals surface area (Å²) >= 11 is 4.34. The van der Waals surface area contributed by atoms with Crippen LogP contribution in [0.25, 0.3) is 0 Å². The molecule has 0 aliphatic carbocycles. The molecule has 1 rings (SSSR count). The molecule has 1 unspecified atom stereocenters. The summed E-state index contributed by atoms with van der Waals surface area (Å²) in [7, 11) is 0. The quantitative estimate of drug-likeness (QED) is 0.531. The summed E-state index contributed by atoms with van der Waals surface area (Å²) < 4.78 is 0. The van der Waals surface area contributed by atoms with E-state index in [2.05, 4.69) is 24.9 Å². The predicted molar refractivity (Wildman–Crippen MR) is 57.0 cm³/mol. The van der Waals surface area contributed by atoms with Gasteiger partial charge in [0.05, 0.1) is 5.37 Å². The smallest absolute Gasteiger partial charge is 0.318 e. The lowest BCUT2D eigenvalue weighted by Gasteiger charge is -2.20. The fourth-order valence-electron chi connectivity index (χ4n) is 1.46. The first-order valence-corrected chi connectivity index (χ1v) is 5.50. The van der Waals surface area contributed by atoms with E-state index in [1.54, 1.807) is 4.90 Å². The van der Waals surface area contributed by atoms with E-state index in [4.69, 9.17) is 0 Å². The monoisotopic (exact) mass is 202 g/mol. The van der Waals surface area contributed by atoms with E-state index >= 15 is 0 Å². The van der Waals surface area contributed by atoms with Gasteiger partial charge in [-0.1, -0.05) is 13.3 Å². The molecule has 0 radical (unpaired) electrons. The first-order valence-electron chi connectivity index (χ1n) is 4.98. The van der Waals surface area contributed by atoms with Gasteiger partial charge in [0.15, 0.2) is 0 Å². The SMILES string of the molecule is CCCCNC(=O)N1CCCC1S. The zero-order valence-electron chi connectivity index (χ0n) is 8.12. The van der Waals surface area contributed by atoms with Gasteiger partial charge in [0.25, 0.3) is 0 Å². The van der Waals surface area contributed by atoms with Crippen LogP contribution in [0.15, 0.2) is 0 Å². The predicted octanol–water partition coefficient (Wildman–Crippen LogP) is 1.85. The highest BCUT2D eigenvalue weighted by atomic mass is 32.1. The Kier molecular flexibility index (Phi) is 4.42. The van der Waals surface area contributed by atoms with Gasteiger partial charge in [0.2, 0.25) is 0 Å². The Hall–Kier alpha value is -0.380. The third-order valence-electron chi connectivity index (χ3n) is 2.29. The zero-order valence-corrected chi connectivity index (χ0v) is 9.02. The molecule has 1 aliphatic heterocycles. The van der Waals surface area contributed by atoms with Crippen LogP contribution < -0.4 is 5.32 Å². The molecule has 1 N–H and O–H groups in total.